The average Bonchev–Trinajstić information content (AvgIpc) is 3.10. The molecule has 3 rings (SSSR count). The number of para-hydroxylation sites is 1. The maximum atomic E-state index is 4.50. The van der Waals surface area contributed by atoms with Gasteiger partial charge in [0.15, 0.2) is 11.0 Å². The molecule has 1 aromatic carbocycles. The van der Waals surface area contributed by atoms with E-state index in [-0.39, 0.29) is 0 Å². The zero-order chi connectivity index (χ0) is 14.8. The van der Waals surface area contributed by atoms with Gasteiger partial charge in [0.1, 0.15) is 5.69 Å². The van der Waals surface area contributed by atoms with E-state index in [4.69, 9.17) is 0 Å². The first kappa shape index (κ1) is 13.9. The van der Waals surface area contributed by atoms with Crippen molar-refractivity contribution < 1.29 is 0 Å². The molecule has 0 aliphatic rings. The van der Waals surface area contributed by atoms with Gasteiger partial charge in [-0.2, -0.15) is 5.10 Å². The van der Waals surface area contributed by atoms with Gasteiger partial charge in [-0.05, 0) is 38.3 Å². The van der Waals surface area contributed by atoms with Gasteiger partial charge in [0, 0.05) is 12.2 Å². The van der Waals surface area contributed by atoms with Gasteiger partial charge in [-0.25, -0.2) is 0 Å². The Labute approximate surface area is 128 Å². The molecule has 0 saturated heterocycles. The van der Waals surface area contributed by atoms with Crippen molar-refractivity contribution in [2.24, 2.45) is 0 Å². The third kappa shape index (κ3) is 2.47. The molecule has 0 fully saturated rings. The highest BCUT2D eigenvalue weighted by Crippen LogP contribution is 2.27. The molecule has 0 aliphatic carbocycles. The van der Waals surface area contributed by atoms with Gasteiger partial charge >= 0.3 is 0 Å². The minimum Gasteiger partial charge on any atom is -0.269 e. The molecule has 0 bridgehead atoms. The van der Waals surface area contributed by atoms with Gasteiger partial charge in [0.25, 0.3) is 0 Å². The number of benzene rings is 1. The van der Waals surface area contributed by atoms with Crippen LogP contribution in [0.2, 0.25) is 0 Å². The van der Waals surface area contributed by atoms with E-state index >= 15 is 0 Å². The number of hydrogen-bond donors (Lipinski definition) is 0. The third-order valence-electron chi connectivity index (χ3n) is 3.26. The summed E-state index contributed by atoms with van der Waals surface area (Å²) in [5.41, 5.74) is 3.04. The minimum absolute atomic E-state index is 0.805. The van der Waals surface area contributed by atoms with E-state index in [0.717, 1.165) is 34.6 Å². The van der Waals surface area contributed by atoms with E-state index in [9.17, 15) is 0 Å². The van der Waals surface area contributed by atoms with Crippen LogP contribution in [-0.2, 0) is 6.54 Å². The molecule has 0 amide bonds. The summed E-state index contributed by atoms with van der Waals surface area (Å²) in [6.07, 6.45) is 2.01. The van der Waals surface area contributed by atoms with Crippen LogP contribution in [0.15, 0.2) is 41.6 Å². The molecule has 5 nitrogen and oxygen atoms in total. The summed E-state index contributed by atoms with van der Waals surface area (Å²) in [5, 5.41) is 14.1. The molecule has 2 aromatic heterocycles. The molecule has 0 spiro atoms. The van der Waals surface area contributed by atoms with Crippen LogP contribution in [0.3, 0.4) is 0 Å². The number of rotatable bonds is 4. The summed E-state index contributed by atoms with van der Waals surface area (Å²) in [4.78, 5) is 0. The molecule has 2 heterocycles. The Kier molecular flexibility index (Phi) is 3.79. The maximum Gasteiger partial charge on any atom is 0.195 e. The summed E-state index contributed by atoms with van der Waals surface area (Å²) in [5.74, 6) is 0.827. The van der Waals surface area contributed by atoms with Crippen LogP contribution in [-0.4, -0.2) is 30.8 Å². The number of thioether (sulfide) groups is 1. The predicted molar refractivity (Wildman–Crippen MR) is 84.8 cm³/mol. The fraction of sp³-hybridized carbons (Fsp3) is 0.267. The Morgan fingerprint density at radius 1 is 1.14 bits per heavy atom. The fourth-order valence-corrected chi connectivity index (χ4v) is 2.84. The van der Waals surface area contributed by atoms with Gasteiger partial charge in [-0.15, -0.1) is 10.2 Å². The Hall–Kier alpha value is -2.08. The van der Waals surface area contributed by atoms with E-state index in [1.165, 1.54) is 0 Å². The van der Waals surface area contributed by atoms with E-state index < -0.39 is 0 Å². The van der Waals surface area contributed by atoms with Crippen LogP contribution in [0.5, 0.6) is 0 Å². The van der Waals surface area contributed by atoms with Crippen LogP contribution >= 0.6 is 11.8 Å². The fourth-order valence-electron chi connectivity index (χ4n) is 2.34. The molecule has 108 valence electrons. The van der Waals surface area contributed by atoms with E-state index in [1.54, 1.807) is 11.8 Å². The van der Waals surface area contributed by atoms with E-state index in [0.29, 0.717) is 0 Å². The second kappa shape index (κ2) is 5.73. The zero-order valence-electron chi connectivity index (χ0n) is 12.3. The molecule has 0 N–H and O–H groups in total. The molecule has 0 radical (unpaired) electrons. The van der Waals surface area contributed by atoms with Gasteiger partial charge in [0.05, 0.1) is 5.69 Å². The lowest BCUT2D eigenvalue weighted by atomic mass is 10.3. The first-order valence-corrected chi connectivity index (χ1v) is 8.06. The molecule has 0 unspecified atom stereocenters. The quantitative estimate of drug-likeness (QED) is 0.694. The zero-order valence-corrected chi connectivity index (χ0v) is 13.1. The average molecular weight is 299 g/mol. The second-order valence-electron chi connectivity index (χ2n) is 4.67. The SMILES string of the molecule is CCn1nc(C)cc1-c1nnc(SC)n1-c1ccccc1. The lowest BCUT2D eigenvalue weighted by Gasteiger charge is -2.09. The van der Waals surface area contributed by atoms with Crippen molar-refractivity contribution in [1.82, 2.24) is 24.5 Å². The van der Waals surface area contributed by atoms with Crippen LogP contribution in [0, 0.1) is 6.92 Å². The normalized spacial score (nSPS) is 11.0. The second-order valence-corrected chi connectivity index (χ2v) is 5.44. The lowest BCUT2D eigenvalue weighted by molar-refractivity contribution is 0.655. The molecule has 6 heteroatoms. The molecule has 0 saturated carbocycles. The van der Waals surface area contributed by atoms with Crippen molar-refractivity contribution >= 4 is 11.8 Å². The summed E-state index contributed by atoms with van der Waals surface area (Å²) in [7, 11) is 0. The Bertz CT molecular complexity index is 745. The van der Waals surface area contributed by atoms with Gasteiger partial charge in [-0.3, -0.25) is 9.25 Å². The van der Waals surface area contributed by atoms with Crippen molar-refractivity contribution in [2.45, 2.75) is 25.5 Å². The van der Waals surface area contributed by atoms with Crippen LogP contribution in [0.1, 0.15) is 12.6 Å². The van der Waals surface area contributed by atoms with Crippen LogP contribution < -0.4 is 0 Å². The van der Waals surface area contributed by atoms with Crippen molar-refractivity contribution in [3.05, 3.63) is 42.1 Å². The number of nitrogens with zero attached hydrogens (tertiary/aromatic N) is 5. The number of hydrogen-bond acceptors (Lipinski definition) is 4. The summed E-state index contributed by atoms with van der Waals surface area (Å²) in [6, 6.07) is 12.2. The van der Waals surface area contributed by atoms with Crippen molar-refractivity contribution in [2.75, 3.05) is 6.26 Å². The highest BCUT2D eigenvalue weighted by atomic mass is 32.2. The monoisotopic (exact) mass is 299 g/mol. The smallest absolute Gasteiger partial charge is 0.195 e. The summed E-state index contributed by atoms with van der Waals surface area (Å²) in [6.45, 7) is 4.88. The molecule has 3 aromatic rings. The lowest BCUT2D eigenvalue weighted by Crippen LogP contribution is -2.05. The number of aryl methyl sites for hydroxylation is 2. The van der Waals surface area contributed by atoms with E-state index in [2.05, 4.69) is 45.0 Å². The number of aromatic nitrogens is 5. The highest BCUT2D eigenvalue weighted by molar-refractivity contribution is 7.98. The third-order valence-corrected chi connectivity index (χ3v) is 3.89. The highest BCUT2D eigenvalue weighted by Gasteiger charge is 2.18. The van der Waals surface area contributed by atoms with Gasteiger partial charge < -0.3 is 0 Å². The van der Waals surface area contributed by atoms with Crippen molar-refractivity contribution in [3.8, 4) is 17.2 Å². The largest absolute Gasteiger partial charge is 0.269 e. The molecular formula is C15H17N5S. The first-order chi connectivity index (χ1) is 10.2. The molecule has 21 heavy (non-hydrogen) atoms. The van der Waals surface area contributed by atoms with Crippen molar-refractivity contribution in [1.29, 1.82) is 0 Å². The van der Waals surface area contributed by atoms with E-state index in [1.807, 2.05) is 36.1 Å². The van der Waals surface area contributed by atoms with Crippen LogP contribution in [0.25, 0.3) is 17.2 Å². The molecule has 0 atom stereocenters. The Morgan fingerprint density at radius 3 is 2.57 bits per heavy atom. The minimum atomic E-state index is 0.805. The Morgan fingerprint density at radius 2 is 1.90 bits per heavy atom. The Balaban J connectivity index is 2.22. The predicted octanol–water partition coefficient (Wildman–Crippen LogP) is 3.18. The summed E-state index contributed by atoms with van der Waals surface area (Å²) >= 11 is 1.59. The first-order valence-electron chi connectivity index (χ1n) is 6.84. The van der Waals surface area contributed by atoms with Gasteiger partial charge in [-0.1, -0.05) is 30.0 Å². The summed E-state index contributed by atoms with van der Waals surface area (Å²) < 4.78 is 4.04. The molecule has 0 aliphatic heterocycles. The topological polar surface area (TPSA) is 48.5 Å². The van der Waals surface area contributed by atoms with Crippen molar-refractivity contribution in [3.63, 3.8) is 0 Å². The van der Waals surface area contributed by atoms with Crippen LogP contribution in [0.4, 0.5) is 0 Å². The standard InChI is InChI=1S/C15H17N5S/c1-4-19-13(10-11(2)18-19)14-16-17-15(21-3)20(14)12-8-6-5-7-9-12/h5-10H,4H2,1-3H3. The van der Waals surface area contributed by atoms with Gasteiger partial charge in [0.2, 0.25) is 0 Å². The maximum absolute atomic E-state index is 4.50. The molecular weight excluding hydrogens is 282 g/mol.